The Kier molecular flexibility index (Phi) is 3.44. The molecule has 1 N–H and O–H groups in total. The Morgan fingerprint density at radius 1 is 1.47 bits per heavy atom. The molecule has 1 amide bonds. The Hall–Kier alpha value is -1.40. The smallest absolute Gasteiger partial charge is 0.294 e. The Morgan fingerprint density at radius 3 is 2.82 bits per heavy atom. The fourth-order valence-corrected chi connectivity index (χ4v) is 1.59. The van der Waals surface area contributed by atoms with Crippen molar-refractivity contribution in [1.29, 1.82) is 0 Å². The van der Waals surface area contributed by atoms with Crippen molar-refractivity contribution in [3.8, 4) is 0 Å². The van der Waals surface area contributed by atoms with Gasteiger partial charge in [0.1, 0.15) is 10.4 Å². The van der Waals surface area contributed by atoms with Crippen molar-refractivity contribution in [2.75, 3.05) is 5.32 Å². The molecule has 1 aromatic carbocycles. The number of carbonyl (C=O) groups is 1. The van der Waals surface area contributed by atoms with Crippen LogP contribution in [0.15, 0.2) is 33.4 Å². The zero-order valence-corrected chi connectivity index (χ0v) is 10.5. The van der Waals surface area contributed by atoms with Gasteiger partial charge < -0.3 is 9.84 Å². The zero-order valence-electron chi connectivity index (χ0n) is 8.21. The molecule has 0 saturated heterocycles. The van der Waals surface area contributed by atoms with E-state index in [-0.39, 0.29) is 10.8 Å². The summed E-state index contributed by atoms with van der Waals surface area (Å²) in [6, 6.07) is 5.28. The second kappa shape index (κ2) is 4.85. The highest BCUT2D eigenvalue weighted by Crippen LogP contribution is 2.20. The van der Waals surface area contributed by atoms with Crippen LogP contribution in [0.5, 0.6) is 0 Å². The van der Waals surface area contributed by atoms with Crippen LogP contribution in [-0.4, -0.2) is 11.1 Å². The molecule has 0 spiro atoms. The molecule has 1 heterocycles. The van der Waals surface area contributed by atoms with Crippen molar-refractivity contribution >= 4 is 39.1 Å². The number of benzene rings is 1. The number of hydrogen-bond donors (Lipinski definition) is 1. The number of hydrogen-bond acceptors (Lipinski definition) is 3. The first-order valence-electron chi connectivity index (χ1n) is 4.45. The average Bonchev–Trinajstić information content (AvgIpc) is 2.70. The predicted molar refractivity (Wildman–Crippen MR) is 63.6 cm³/mol. The highest BCUT2D eigenvalue weighted by atomic mass is 79.9. The number of nitrogens with zero attached hydrogens (tertiary/aromatic N) is 1. The molecule has 0 saturated carbocycles. The first-order valence-corrected chi connectivity index (χ1v) is 5.62. The van der Waals surface area contributed by atoms with E-state index in [0.29, 0.717) is 10.3 Å². The molecular weight excluding hydrogens is 314 g/mol. The molecule has 1 aromatic heterocycles. The second-order valence-corrected chi connectivity index (χ2v) is 4.32. The maximum atomic E-state index is 12.9. The van der Waals surface area contributed by atoms with Gasteiger partial charge in [-0.1, -0.05) is 16.8 Å². The van der Waals surface area contributed by atoms with Crippen LogP contribution >= 0.6 is 27.5 Å². The quantitative estimate of drug-likeness (QED) is 0.922. The van der Waals surface area contributed by atoms with E-state index in [1.165, 1.54) is 18.2 Å². The number of carbonyl (C=O) groups excluding carboxylic acids is 1. The van der Waals surface area contributed by atoms with Crippen molar-refractivity contribution in [2.24, 2.45) is 0 Å². The Balaban J connectivity index is 2.15. The maximum absolute atomic E-state index is 12.9. The molecule has 0 aliphatic heterocycles. The van der Waals surface area contributed by atoms with Crippen molar-refractivity contribution in [3.05, 3.63) is 45.5 Å². The third-order valence-corrected chi connectivity index (χ3v) is 2.55. The largest absolute Gasteiger partial charge is 0.350 e. The first-order chi connectivity index (χ1) is 8.06. The number of amides is 1. The molecule has 0 bridgehead atoms. The van der Waals surface area contributed by atoms with Gasteiger partial charge in [0.05, 0.1) is 5.02 Å². The number of nitrogens with one attached hydrogen (secondary N) is 1. The summed E-state index contributed by atoms with van der Waals surface area (Å²) in [7, 11) is 0. The summed E-state index contributed by atoms with van der Waals surface area (Å²) in [6.07, 6.45) is 0. The van der Waals surface area contributed by atoms with Crippen LogP contribution in [0.1, 0.15) is 10.6 Å². The maximum Gasteiger partial charge on any atom is 0.294 e. The summed E-state index contributed by atoms with van der Waals surface area (Å²) in [5.74, 6) is -1.00. The summed E-state index contributed by atoms with van der Waals surface area (Å²) < 4.78 is 18.0. The van der Waals surface area contributed by atoms with E-state index in [1.807, 2.05) is 0 Å². The molecule has 88 valence electrons. The molecular formula is C10H5BrClFN2O2. The fourth-order valence-electron chi connectivity index (χ4n) is 1.13. The van der Waals surface area contributed by atoms with Crippen LogP contribution in [0.25, 0.3) is 0 Å². The van der Waals surface area contributed by atoms with Crippen LogP contribution in [0.2, 0.25) is 5.02 Å². The van der Waals surface area contributed by atoms with E-state index in [9.17, 15) is 9.18 Å². The molecule has 0 fully saturated rings. The zero-order chi connectivity index (χ0) is 12.4. The lowest BCUT2D eigenvalue weighted by Crippen LogP contribution is -2.10. The van der Waals surface area contributed by atoms with Crippen LogP contribution in [0, 0.1) is 5.82 Å². The predicted octanol–water partition coefficient (Wildman–Crippen LogP) is 3.48. The lowest BCUT2D eigenvalue weighted by atomic mass is 10.3. The van der Waals surface area contributed by atoms with Crippen molar-refractivity contribution in [3.63, 3.8) is 0 Å². The molecule has 7 heteroatoms. The molecule has 2 aromatic rings. The van der Waals surface area contributed by atoms with Gasteiger partial charge in [-0.15, -0.1) is 0 Å². The monoisotopic (exact) mass is 318 g/mol. The van der Waals surface area contributed by atoms with E-state index in [4.69, 9.17) is 16.1 Å². The minimum absolute atomic E-state index is 0.0392. The molecule has 2 rings (SSSR count). The van der Waals surface area contributed by atoms with E-state index in [1.54, 1.807) is 0 Å². The van der Waals surface area contributed by atoms with E-state index < -0.39 is 11.7 Å². The normalized spacial score (nSPS) is 10.3. The number of rotatable bonds is 2. The summed E-state index contributed by atoms with van der Waals surface area (Å²) in [5.41, 5.74) is 0.369. The van der Waals surface area contributed by atoms with Gasteiger partial charge in [0.25, 0.3) is 5.91 Å². The van der Waals surface area contributed by atoms with Crippen LogP contribution in [0.3, 0.4) is 0 Å². The molecule has 0 atom stereocenters. The number of anilines is 1. The van der Waals surface area contributed by atoms with Gasteiger partial charge in [-0.25, -0.2) is 4.39 Å². The van der Waals surface area contributed by atoms with E-state index in [2.05, 4.69) is 26.4 Å². The van der Waals surface area contributed by atoms with Gasteiger partial charge in [-0.2, -0.15) is 0 Å². The average molecular weight is 320 g/mol. The molecule has 0 aliphatic carbocycles. The summed E-state index contributed by atoms with van der Waals surface area (Å²) in [6.45, 7) is 0. The Labute approximate surface area is 109 Å². The van der Waals surface area contributed by atoms with E-state index in [0.717, 1.165) is 6.07 Å². The summed E-state index contributed by atoms with van der Waals surface area (Å²) >= 11 is 8.63. The second-order valence-electron chi connectivity index (χ2n) is 3.10. The highest BCUT2D eigenvalue weighted by Gasteiger charge is 2.12. The minimum atomic E-state index is -0.549. The Bertz CT molecular complexity index is 573. The lowest BCUT2D eigenvalue weighted by molar-refractivity contribution is 0.0988. The van der Waals surface area contributed by atoms with Crippen molar-refractivity contribution < 1.29 is 13.7 Å². The van der Waals surface area contributed by atoms with Crippen molar-refractivity contribution in [2.45, 2.75) is 0 Å². The van der Waals surface area contributed by atoms with Crippen LogP contribution in [0.4, 0.5) is 10.1 Å². The van der Waals surface area contributed by atoms with Gasteiger partial charge >= 0.3 is 0 Å². The third-order valence-electron chi connectivity index (χ3n) is 1.88. The molecule has 4 nitrogen and oxygen atoms in total. The highest BCUT2D eigenvalue weighted by molar-refractivity contribution is 9.10. The van der Waals surface area contributed by atoms with Gasteiger partial charge in [0, 0.05) is 11.8 Å². The van der Waals surface area contributed by atoms with Gasteiger partial charge in [0.15, 0.2) is 0 Å². The Morgan fingerprint density at radius 2 is 2.24 bits per heavy atom. The molecule has 0 radical (unpaired) electrons. The van der Waals surface area contributed by atoms with Crippen LogP contribution < -0.4 is 5.32 Å². The number of aromatic nitrogens is 1. The molecule has 0 aliphatic rings. The number of halogens is 3. The molecule has 17 heavy (non-hydrogen) atoms. The fraction of sp³-hybridized carbons (Fsp3) is 0. The SMILES string of the molecule is O=C(Nc1ccc(F)c(Cl)c1)c1cc(Br)no1. The van der Waals surface area contributed by atoms with Gasteiger partial charge in [0.2, 0.25) is 5.76 Å². The van der Waals surface area contributed by atoms with E-state index >= 15 is 0 Å². The molecule has 0 unspecified atom stereocenters. The van der Waals surface area contributed by atoms with Crippen molar-refractivity contribution in [1.82, 2.24) is 5.16 Å². The summed E-state index contributed by atoms with van der Waals surface area (Å²) in [5, 5.41) is 5.93. The topological polar surface area (TPSA) is 55.1 Å². The summed E-state index contributed by atoms with van der Waals surface area (Å²) in [4.78, 5) is 11.6. The standard InChI is InChI=1S/C10H5BrClFN2O2/c11-9-4-8(17-15-9)10(16)14-5-1-2-7(13)6(12)3-5/h1-4H,(H,14,16). The first kappa shape index (κ1) is 12.1. The van der Waals surface area contributed by atoms with Gasteiger partial charge in [-0.05, 0) is 34.1 Å². The minimum Gasteiger partial charge on any atom is -0.350 e. The van der Waals surface area contributed by atoms with Gasteiger partial charge in [-0.3, -0.25) is 4.79 Å². The third kappa shape index (κ3) is 2.83. The lowest BCUT2D eigenvalue weighted by Gasteiger charge is -2.03. The van der Waals surface area contributed by atoms with Crippen LogP contribution in [-0.2, 0) is 0 Å².